The molecule has 4 aromatic rings. The highest BCUT2D eigenvalue weighted by Crippen LogP contribution is 2.46. The van der Waals surface area contributed by atoms with E-state index in [0.29, 0.717) is 26.7 Å². The lowest BCUT2D eigenvalue weighted by molar-refractivity contribution is -0.144. The number of amides is 1. The highest BCUT2D eigenvalue weighted by atomic mass is 35.5. The maximum absolute atomic E-state index is 14.7. The number of rotatable bonds is 9. The summed E-state index contributed by atoms with van der Waals surface area (Å²) in [6.07, 6.45) is 2.11. The summed E-state index contributed by atoms with van der Waals surface area (Å²) in [5.41, 5.74) is 2.75. The maximum atomic E-state index is 14.7. The number of ether oxygens (including phenoxy) is 1. The van der Waals surface area contributed by atoms with Crippen LogP contribution in [0.15, 0.2) is 120 Å². The number of aryl methyl sites for hydroxylation is 1. The minimum Gasteiger partial charge on any atom is -0.467 e. The Morgan fingerprint density at radius 1 is 0.889 bits per heavy atom. The minimum absolute atomic E-state index is 0.120. The van der Waals surface area contributed by atoms with Gasteiger partial charge < -0.3 is 10.1 Å². The Morgan fingerprint density at radius 2 is 1.58 bits per heavy atom. The molecule has 3 atom stereocenters. The zero-order valence-electron chi connectivity index (χ0n) is 24.7. The Bertz CT molecular complexity index is 1830. The molecule has 0 saturated heterocycles. The molecular weight excluding hydrogens is 631 g/mol. The lowest BCUT2D eigenvalue weighted by Gasteiger charge is -2.41. The van der Waals surface area contributed by atoms with Crippen molar-refractivity contribution < 1.29 is 22.7 Å². The molecule has 45 heavy (non-hydrogen) atoms. The number of hydrogen-bond acceptors (Lipinski definition) is 5. The van der Waals surface area contributed by atoms with Crippen molar-refractivity contribution in [1.29, 1.82) is 0 Å². The number of carbonyl (C=O) groups excluding carboxylic acids is 2. The van der Waals surface area contributed by atoms with Crippen molar-refractivity contribution >= 4 is 45.1 Å². The second-order valence-corrected chi connectivity index (χ2v) is 13.4. The number of sulfonamides is 1. The fourth-order valence-electron chi connectivity index (χ4n) is 5.65. The predicted molar refractivity (Wildman–Crippen MR) is 175 cm³/mol. The van der Waals surface area contributed by atoms with Crippen molar-refractivity contribution in [3.05, 3.63) is 147 Å². The van der Waals surface area contributed by atoms with Crippen LogP contribution in [0.5, 0.6) is 0 Å². The molecule has 10 heteroatoms. The first-order valence-electron chi connectivity index (χ1n) is 14.3. The zero-order valence-corrected chi connectivity index (χ0v) is 27.0. The van der Waals surface area contributed by atoms with Gasteiger partial charge in [-0.15, -0.1) is 0 Å². The van der Waals surface area contributed by atoms with Crippen molar-refractivity contribution in [2.75, 3.05) is 7.11 Å². The first kappa shape index (κ1) is 32.4. The van der Waals surface area contributed by atoms with Gasteiger partial charge in [-0.2, -0.15) is 4.31 Å². The van der Waals surface area contributed by atoms with Crippen molar-refractivity contribution in [1.82, 2.24) is 9.62 Å². The lowest BCUT2D eigenvalue weighted by Crippen LogP contribution is -2.48. The van der Waals surface area contributed by atoms with Crippen LogP contribution in [0.4, 0.5) is 0 Å². The summed E-state index contributed by atoms with van der Waals surface area (Å²) in [6, 6.07) is 27.0. The second kappa shape index (κ2) is 14.0. The molecule has 4 aromatic carbocycles. The molecule has 1 N–H and O–H groups in total. The number of nitrogens with zero attached hydrogens (tertiary/aromatic N) is 1. The fraction of sp³-hybridized carbons (Fsp3) is 0.200. The van der Waals surface area contributed by atoms with Crippen LogP contribution in [0.3, 0.4) is 0 Å². The molecule has 5 rings (SSSR count). The Balaban J connectivity index is 1.66. The number of methoxy groups -OCH3 is 1. The van der Waals surface area contributed by atoms with E-state index in [1.165, 1.54) is 11.4 Å². The first-order chi connectivity index (χ1) is 21.6. The van der Waals surface area contributed by atoms with Gasteiger partial charge in [0.1, 0.15) is 6.04 Å². The van der Waals surface area contributed by atoms with Gasteiger partial charge in [-0.1, -0.05) is 102 Å². The highest BCUT2D eigenvalue weighted by molar-refractivity contribution is 7.89. The van der Waals surface area contributed by atoms with Gasteiger partial charge in [0, 0.05) is 22.0 Å². The number of halogens is 2. The normalized spacial score (nSPS) is 17.6. The molecule has 0 radical (unpaired) electrons. The quantitative estimate of drug-likeness (QED) is 0.195. The summed E-state index contributed by atoms with van der Waals surface area (Å²) < 4.78 is 35.9. The van der Waals surface area contributed by atoms with Gasteiger partial charge in [-0.3, -0.25) is 4.79 Å². The molecule has 0 aliphatic carbocycles. The van der Waals surface area contributed by atoms with Crippen LogP contribution in [-0.4, -0.2) is 37.8 Å². The van der Waals surface area contributed by atoms with Crippen molar-refractivity contribution in [3.63, 3.8) is 0 Å². The van der Waals surface area contributed by atoms with E-state index in [4.69, 9.17) is 27.9 Å². The largest absolute Gasteiger partial charge is 0.467 e. The van der Waals surface area contributed by atoms with Crippen LogP contribution in [-0.2, 0) is 30.8 Å². The Labute approximate surface area is 273 Å². The molecule has 0 bridgehead atoms. The minimum atomic E-state index is -4.23. The Morgan fingerprint density at radius 3 is 2.24 bits per heavy atom. The highest BCUT2D eigenvalue weighted by Gasteiger charge is 2.45. The Hall–Kier alpha value is -3.95. The molecule has 0 fully saturated rings. The van der Waals surface area contributed by atoms with Gasteiger partial charge in [0.05, 0.1) is 24.1 Å². The van der Waals surface area contributed by atoms with E-state index in [9.17, 15) is 18.0 Å². The molecule has 1 unspecified atom stereocenters. The van der Waals surface area contributed by atoms with Gasteiger partial charge in [0.25, 0.3) is 0 Å². The van der Waals surface area contributed by atoms with Crippen molar-refractivity contribution in [2.45, 2.75) is 42.8 Å². The number of nitrogens with one attached hydrogen (secondary N) is 1. The third-order valence-corrected chi connectivity index (χ3v) is 10.3. The SMILES string of the molecule is COC(=O)[C@H](Cc1ccccc1)NC(=O)C1=CCC(c2ccc(Cl)cc2)N(S(=O)(=O)c2ccccc2C)[C@H]1c1cccc(Cl)c1. The Kier molecular flexibility index (Phi) is 10.1. The molecule has 1 aliphatic rings. The smallest absolute Gasteiger partial charge is 0.328 e. The molecule has 1 aliphatic heterocycles. The number of benzene rings is 4. The van der Waals surface area contributed by atoms with E-state index < -0.39 is 40.0 Å². The van der Waals surface area contributed by atoms with Gasteiger partial charge >= 0.3 is 5.97 Å². The standard InChI is InChI=1S/C35H32Cl2N2O5S/c1-23-9-6-7-14-32(23)45(42,43)39-31(25-15-17-27(36)18-16-25)20-19-29(33(39)26-12-8-13-28(37)22-26)34(40)38-30(35(41)44-2)21-24-10-4-3-5-11-24/h3-19,22,30-31,33H,20-21H2,1-2H3,(H,38,40)/t30-,31?,33-/m0/s1. The van der Waals surface area contributed by atoms with Crippen LogP contribution in [0, 0.1) is 6.92 Å². The molecule has 1 heterocycles. The van der Waals surface area contributed by atoms with Gasteiger partial charge in [-0.05, 0) is 65.9 Å². The number of esters is 1. The van der Waals surface area contributed by atoms with Crippen molar-refractivity contribution in [2.24, 2.45) is 0 Å². The summed E-state index contributed by atoms with van der Waals surface area (Å²) in [4.78, 5) is 27.2. The second-order valence-electron chi connectivity index (χ2n) is 10.8. The fourth-order valence-corrected chi connectivity index (χ4v) is 7.98. The molecule has 0 saturated carbocycles. The lowest BCUT2D eigenvalue weighted by atomic mass is 9.88. The molecule has 0 aromatic heterocycles. The van der Waals surface area contributed by atoms with Crippen LogP contribution >= 0.6 is 23.2 Å². The van der Waals surface area contributed by atoms with E-state index in [2.05, 4.69) is 5.32 Å². The van der Waals surface area contributed by atoms with Gasteiger partial charge in [-0.25, -0.2) is 13.2 Å². The first-order valence-corrected chi connectivity index (χ1v) is 16.5. The topological polar surface area (TPSA) is 92.8 Å². The zero-order chi connectivity index (χ0) is 32.1. The third kappa shape index (κ3) is 7.15. The summed E-state index contributed by atoms with van der Waals surface area (Å²) in [6.45, 7) is 1.73. The van der Waals surface area contributed by atoms with E-state index in [0.717, 1.165) is 5.56 Å². The molecule has 232 valence electrons. The number of carbonyl (C=O) groups is 2. The van der Waals surface area contributed by atoms with Gasteiger partial charge in [0.15, 0.2) is 0 Å². The van der Waals surface area contributed by atoms with E-state index >= 15 is 0 Å². The summed E-state index contributed by atoms with van der Waals surface area (Å²) in [7, 11) is -2.97. The van der Waals surface area contributed by atoms with Crippen molar-refractivity contribution in [3.8, 4) is 0 Å². The predicted octanol–water partition coefficient (Wildman–Crippen LogP) is 7.01. The summed E-state index contributed by atoms with van der Waals surface area (Å²) in [5.74, 6) is -1.21. The average molecular weight is 664 g/mol. The molecule has 0 spiro atoms. The summed E-state index contributed by atoms with van der Waals surface area (Å²) in [5, 5.41) is 3.72. The van der Waals surface area contributed by atoms with E-state index in [1.54, 1.807) is 85.8 Å². The van der Waals surface area contributed by atoms with Crippen LogP contribution in [0.25, 0.3) is 0 Å². The monoisotopic (exact) mass is 662 g/mol. The van der Waals surface area contributed by atoms with E-state index in [1.807, 2.05) is 30.3 Å². The summed E-state index contributed by atoms with van der Waals surface area (Å²) >= 11 is 12.6. The molecule has 1 amide bonds. The van der Waals surface area contributed by atoms with Crippen LogP contribution in [0.1, 0.15) is 40.8 Å². The van der Waals surface area contributed by atoms with E-state index in [-0.39, 0.29) is 23.3 Å². The number of hydrogen-bond donors (Lipinski definition) is 1. The van der Waals surface area contributed by atoms with Crippen LogP contribution in [0.2, 0.25) is 10.0 Å². The average Bonchev–Trinajstić information content (AvgIpc) is 3.04. The van der Waals surface area contributed by atoms with Crippen LogP contribution < -0.4 is 5.32 Å². The maximum Gasteiger partial charge on any atom is 0.328 e. The van der Waals surface area contributed by atoms with Gasteiger partial charge in [0.2, 0.25) is 15.9 Å². The molecular formula is C35H32Cl2N2O5S. The molecule has 7 nitrogen and oxygen atoms in total. The third-order valence-electron chi connectivity index (χ3n) is 7.82.